The number of piperidine rings is 1. The molecule has 0 bridgehead atoms. The molecule has 3 rings (SSSR count). The second-order valence-electron chi connectivity index (χ2n) is 8.51. The Morgan fingerprint density at radius 1 is 1.18 bits per heavy atom. The van der Waals surface area contributed by atoms with Gasteiger partial charge in [-0.05, 0) is 63.4 Å². The van der Waals surface area contributed by atoms with Crippen LogP contribution in [0.15, 0.2) is 36.4 Å². The van der Waals surface area contributed by atoms with Gasteiger partial charge in [0.2, 0.25) is 0 Å². The quantitative estimate of drug-likeness (QED) is 0.737. The molecule has 5 heteroatoms. The van der Waals surface area contributed by atoms with Crippen molar-refractivity contribution in [2.45, 2.75) is 45.6 Å². The number of benzene rings is 1. The highest BCUT2D eigenvalue weighted by molar-refractivity contribution is 5.93. The van der Waals surface area contributed by atoms with Gasteiger partial charge in [0.25, 0.3) is 5.91 Å². The molecule has 1 aromatic heterocycles. The minimum absolute atomic E-state index is 0.121. The Morgan fingerprint density at radius 2 is 1.86 bits per heavy atom. The van der Waals surface area contributed by atoms with Gasteiger partial charge in [0.05, 0.1) is 5.69 Å². The largest absolute Gasteiger partial charge is 0.334 e. The first-order valence-electron chi connectivity index (χ1n) is 10.5. The van der Waals surface area contributed by atoms with Crippen molar-refractivity contribution < 1.29 is 4.79 Å². The highest BCUT2D eigenvalue weighted by Crippen LogP contribution is 2.20. The lowest BCUT2D eigenvalue weighted by Crippen LogP contribution is -2.47. The molecule has 1 aromatic carbocycles. The van der Waals surface area contributed by atoms with Gasteiger partial charge in [-0.3, -0.25) is 9.48 Å². The molecule has 1 aliphatic rings. The molecule has 0 N–H and O–H groups in total. The van der Waals surface area contributed by atoms with E-state index in [0.717, 1.165) is 51.0 Å². The van der Waals surface area contributed by atoms with Crippen LogP contribution in [0.25, 0.3) is 0 Å². The van der Waals surface area contributed by atoms with E-state index in [2.05, 4.69) is 60.1 Å². The third-order valence-corrected chi connectivity index (χ3v) is 5.64. The fourth-order valence-electron chi connectivity index (χ4n) is 4.04. The maximum atomic E-state index is 13.5. The first-order chi connectivity index (χ1) is 13.4. The van der Waals surface area contributed by atoms with Crippen LogP contribution in [0.3, 0.4) is 0 Å². The van der Waals surface area contributed by atoms with Gasteiger partial charge in [-0.2, -0.15) is 5.10 Å². The van der Waals surface area contributed by atoms with E-state index in [4.69, 9.17) is 0 Å². The van der Waals surface area contributed by atoms with E-state index in [1.54, 1.807) is 4.68 Å². The molecule has 1 amide bonds. The van der Waals surface area contributed by atoms with Gasteiger partial charge < -0.3 is 9.80 Å². The summed E-state index contributed by atoms with van der Waals surface area (Å²) >= 11 is 0. The van der Waals surface area contributed by atoms with Crippen molar-refractivity contribution in [3.8, 4) is 0 Å². The number of aryl methyl sites for hydroxylation is 1. The molecule has 1 fully saturated rings. The van der Waals surface area contributed by atoms with Gasteiger partial charge in [-0.1, -0.05) is 44.2 Å². The molecular weight excluding hydrogens is 348 g/mol. The molecule has 28 heavy (non-hydrogen) atoms. The number of likely N-dealkylation sites (tertiary alicyclic amines) is 1. The molecule has 0 unspecified atom stereocenters. The fourth-order valence-corrected chi connectivity index (χ4v) is 4.04. The lowest BCUT2D eigenvalue weighted by Gasteiger charge is -2.37. The van der Waals surface area contributed by atoms with Crippen LogP contribution in [0.1, 0.15) is 48.4 Å². The van der Waals surface area contributed by atoms with Gasteiger partial charge in [0.1, 0.15) is 5.69 Å². The van der Waals surface area contributed by atoms with Crippen molar-refractivity contribution >= 4 is 5.91 Å². The number of hydrogen-bond donors (Lipinski definition) is 0. The van der Waals surface area contributed by atoms with Crippen molar-refractivity contribution in [2.24, 2.45) is 13.0 Å². The number of rotatable bonds is 7. The first-order valence-corrected chi connectivity index (χ1v) is 10.5. The normalized spacial score (nSPS) is 15.9. The summed E-state index contributed by atoms with van der Waals surface area (Å²) in [6.07, 6.45) is 3.86. The van der Waals surface area contributed by atoms with Crippen molar-refractivity contribution in [3.63, 3.8) is 0 Å². The smallest absolute Gasteiger partial charge is 0.272 e. The van der Waals surface area contributed by atoms with E-state index >= 15 is 0 Å². The molecular formula is C23H34N4O. The zero-order valence-electron chi connectivity index (χ0n) is 17.8. The summed E-state index contributed by atoms with van der Waals surface area (Å²) in [5, 5.41) is 4.59. The van der Waals surface area contributed by atoms with E-state index in [1.807, 2.05) is 19.2 Å². The average molecular weight is 383 g/mol. The first kappa shape index (κ1) is 20.6. The van der Waals surface area contributed by atoms with Crippen LogP contribution in [-0.2, 0) is 19.9 Å². The molecule has 1 aliphatic heterocycles. The molecule has 0 atom stereocenters. The van der Waals surface area contributed by atoms with Crippen LogP contribution in [0.2, 0.25) is 0 Å². The minimum atomic E-state index is 0.121. The fraction of sp³-hybridized carbons (Fsp3) is 0.565. The topological polar surface area (TPSA) is 41.4 Å². The zero-order chi connectivity index (χ0) is 20.1. The molecule has 152 valence electrons. The molecule has 0 saturated carbocycles. The third-order valence-electron chi connectivity index (χ3n) is 5.64. The third kappa shape index (κ3) is 5.22. The zero-order valence-corrected chi connectivity index (χ0v) is 17.8. The lowest BCUT2D eigenvalue weighted by atomic mass is 10.0. The second-order valence-corrected chi connectivity index (χ2v) is 8.51. The van der Waals surface area contributed by atoms with E-state index in [9.17, 15) is 4.79 Å². The number of carbonyl (C=O) groups excluding carboxylic acids is 1. The Balaban J connectivity index is 1.79. The van der Waals surface area contributed by atoms with Crippen LogP contribution >= 0.6 is 0 Å². The summed E-state index contributed by atoms with van der Waals surface area (Å²) in [5.41, 5.74) is 2.99. The summed E-state index contributed by atoms with van der Waals surface area (Å²) in [4.78, 5) is 18.0. The number of hydrogen-bond acceptors (Lipinski definition) is 3. The van der Waals surface area contributed by atoms with E-state index in [-0.39, 0.29) is 5.91 Å². The van der Waals surface area contributed by atoms with Crippen LogP contribution in [0.5, 0.6) is 0 Å². The molecule has 5 nitrogen and oxygen atoms in total. The molecule has 0 radical (unpaired) electrons. The Hall–Kier alpha value is -2.14. The summed E-state index contributed by atoms with van der Waals surface area (Å²) in [7, 11) is 4.05. The molecule has 1 saturated heterocycles. The Labute approximate surface area is 169 Å². The van der Waals surface area contributed by atoms with Crippen molar-refractivity contribution in [3.05, 3.63) is 53.3 Å². The number of aromatic nitrogens is 2. The summed E-state index contributed by atoms with van der Waals surface area (Å²) < 4.78 is 1.77. The minimum Gasteiger partial charge on any atom is -0.334 e. The molecule has 0 spiro atoms. The highest BCUT2D eigenvalue weighted by atomic mass is 16.2. The number of amides is 1. The average Bonchev–Trinajstić information content (AvgIpc) is 3.03. The van der Waals surface area contributed by atoms with Gasteiger partial charge in [0.15, 0.2) is 0 Å². The Morgan fingerprint density at radius 3 is 2.50 bits per heavy atom. The lowest BCUT2D eigenvalue weighted by molar-refractivity contribution is 0.0583. The Kier molecular flexibility index (Phi) is 6.89. The second kappa shape index (κ2) is 9.37. The van der Waals surface area contributed by atoms with Crippen molar-refractivity contribution in [2.75, 3.05) is 26.7 Å². The van der Waals surface area contributed by atoms with E-state index in [0.29, 0.717) is 17.7 Å². The maximum absolute atomic E-state index is 13.5. The van der Waals surface area contributed by atoms with Crippen LogP contribution in [0.4, 0.5) is 0 Å². The predicted molar refractivity (Wildman–Crippen MR) is 113 cm³/mol. The van der Waals surface area contributed by atoms with Crippen molar-refractivity contribution in [1.29, 1.82) is 0 Å². The molecule has 0 aliphatic carbocycles. The van der Waals surface area contributed by atoms with Crippen LogP contribution in [-0.4, -0.2) is 58.2 Å². The summed E-state index contributed by atoms with van der Waals surface area (Å²) in [6.45, 7) is 7.21. The van der Waals surface area contributed by atoms with Gasteiger partial charge in [0, 0.05) is 19.6 Å². The summed E-state index contributed by atoms with van der Waals surface area (Å²) in [5.74, 6) is 0.649. The van der Waals surface area contributed by atoms with Crippen LogP contribution in [0, 0.1) is 5.92 Å². The Bertz CT molecular complexity index is 760. The van der Waals surface area contributed by atoms with Crippen molar-refractivity contribution in [1.82, 2.24) is 19.6 Å². The van der Waals surface area contributed by atoms with Gasteiger partial charge >= 0.3 is 0 Å². The summed E-state index contributed by atoms with van der Waals surface area (Å²) in [6, 6.07) is 12.7. The van der Waals surface area contributed by atoms with Gasteiger partial charge in [-0.25, -0.2) is 0 Å². The number of carbonyl (C=O) groups is 1. The molecule has 2 aromatic rings. The van der Waals surface area contributed by atoms with Gasteiger partial charge in [-0.15, -0.1) is 0 Å². The standard InChI is InChI=1S/C23H34N4O/c1-18(2)16-20-17-22(26(4)24-20)23(28)27(21-11-13-25(3)14-12-21)15-10-19-8-6-5-7-9-19/h5-9,17-18,21H,10-16H2,1-4H3. The van der Waals surface area contributed by atoms with E-state index < -0.39 is 0 Å². The number of nitrogens with zero attached hydrogens (tertiary/aromatic N) is 4. The van der Waals surface area contributed by atoms with Crippen LogP contribution < -0.4 is 0 Å². The monoisotopic (exact) mass is 382 g/mol. The molecule has 2 heterocycles. The predicted octanol–water partition coefficient (Wildman–Crippen LogP) is 3.40. The highest BCUT2D eigenvalue weighted by Gasteiger charge is 2.29. The SMILES string of the molecule is CC(C)Cc1cc(C(=O)N(CCc2ccccc2)C2CCN(C)CC2)n(C)n1. The van der Waals surface area contributed by atoms with E-state index in [1.165, 1.54) is 5.56 Å². The maximum Gasteiger partial charge on any atom is 0.272 e.